The van der Waals surface area contributed by atoms with Crippen molar-refractivity contribution in [3.05, 3.63) is 0 Å². The molecule has 0 saturated heterocycles. The van der Waals surface area contributed by atoms with Crippen molar-refractivity contribution >= 4 is 32.2 Å². The largest absolute Gasteiger partial charge is 0.469 e. The maximum Gasteiger partial charge on any atom is 0.305 e. The van der Waals surface area contributed by atoms with Gasteiger partial charge in [-0.3, -0.25) is 4.79 Å². The van der Waals surface area contributed by atoms with Crippen LogP contribution in [0.2, 0.25) is 0 Å². The molecule has 0 amide bonds. The average molecular weight is 339 g/mol. The van der Waals surface area contributed by atoms with E-state index in [9.17, 15) is 4.79 Å². The van der Waals surface area contributed by atoms with E-state index in [2.05, 4.69) is 11.7 Å². The van der Waals surface area contributed by atoms with Crippen LogP contribution in [0.3, 0.4) is 0 Å². The summed E-state index contributed by atoms with van der Waals surface area (Å²) in [6.07, 6.45) is 3.81. The Hall–Kier alpha value is 0.353. The molecule has 0 saturated carbocycles. The number of rotatable bonds is 4. The van der Waals surface area contributed by atoms with Gasteiger partial charge in [0.15, 0.2) is 0 Å². The first-order valence-electron chi connectivity index (χ1n) is 3.38. The van der Waals surface area contributed by atoms with Gasteiger partial charge in [0.1, 0.15) is 0 Å². The smallest absolute Gasteiger partial charge is 0.305 e. The number of hydrogen-bond donors (Lipinski definition) is 0. The van der Waals surface area contributed by atoms with Crippen LogP contribution in [0.15, 0.2) is 0 Å². The molecule has 0 aromatic carbocycles. The Kier molecular flexibility index (Phi) is 12.1. The normalized spacial score (nSPS) is 8.20. The van der Waals surface area contributed by atoms with Crippen LogP contribution in [0.5, 0.6) is 0 Å². The van der Waals surface area contributed by atoms with Crippen molar-refractivity contribution in [1.29, 1.82) is 0 Å². The molecule has 0 aliphatic heterocycles. The standard InChI is InChI=1S/C7H14O2.Bi/c1-3-4-5-6-7(8)9-2;/h3-6H2,1-2H3;. The molecule has 2 nitrogen and oxygen atoms in total. The third kappa shape index (κ3) is 8.35. The number of carbonyl (C=O) groups excluding carboxylic acids is 1. The minimum Gasteiger partial charge on any atom is -0.469 e. The minimum atomic E-state index is -0.0940. The number of methoxy groups -OCH3 is 1. The molecule has 10 heavy (non-hydrogen) atoms. The van der Waals surface area contributed by atoms with Crippen LogP contribution in [-0.4, -0.2) is 39.3 Å². The van der Waals surface area contributed by atoms with Gasteiger partial charge in [0.25, 0.3) is 0 Å². The summed E-state index contributed by atoms with van der Waals surface area (Å²) in [5.74, 6) is -0.0940. The van der Waals surface area contributed by atoms with Gasteiger partial charge in [0.2, 0.25) is 0 Å². The first-order valence-corrected chi connectivity index (χ1v) is 3.38. The predicted octanol–water partition coefficient (Wildman–Crippen LogP) is 1.36. The first kappa shape index (κ1) is 13.0. The van der Waals surface area contributed by atoms with E-state index in [0.29, 0.717) is 6.42 Å². The van der Waals surface area contributed by atoms with E-state index in [1.807, 2.05) is 0 Å². The Bertz CT molecular complexity index is 83.7. The van der Waals surface area contributed by atoms with Gasteiger partial charge >= 0.3 is 5.97 Å². The minimum absolute atomic E-state index is 0. The zero-order chi connectivity index (χ0) is 7.11. The molecule has 0 fully saturated rings. The number of ether oxygens (including phenoxy) is 1. The second-order valence-electron chi connectivity index (χ2n) is 2.03. The summed E-state index contributed by atoms with van der Waals surface area (Å²) in [5.41, 5.74) is 0. The molecule has 0 aliphatic rings. The third-order valence-electron chi connectivity index (χ3n) is 1.21. The fourth-order valence-corrected chi connectivity index (χ4v) is 0.621. The summed E-state index contributed by atoms with van der Waals surface area (Å²) < 4.78 is 4.46. The molecule has 0 bridgehead atoms. The Balaban J connectivity index is 0. The molecule has 59 valence electrons. The van der Waals surface area contributed by atoms with E-state index in [0.717, 1.165) is 19.3 Å². The molecule has 0 rings (SSSR count). The van der Waals surface area contributed by atoms with Gasteiger partial charge < -0.3 is 4.74 Å². The Labute approximate surface area is 81.5 Å². The van der Waals surface area contributed by atoms with E-state index < -0.39 is 0 Å². The van der Waals surface area contributed by atoms with E-state index in [1.54, 1.807) is 0 Å². The molecular formula is C7H14BiO2. The third-order valence-corrected chi connectivity index (χ3v) is 1.21. The van der Waals surface area contributed by atoms with Crippen molar-refractivity contribution in [3.63, 3.8) is 0 Å². The Morgan fingerprint density at radius 2 is 2.00 bits per heavy atom. The Morgan fingerprint density at radius 1 is 1.40 bits per heavy atom. The summed E-state index contributed by atoms with van der Waals surface area (Å²) in [6.45, 7) is 2.11. The van der Waals surface area contributed by atoms with Crippen molar-refractivity contribution in [2.75, 3.05) is 7.11 Å². The fraction of sp³-hybridized carbons (Fsp3) is 0.857. The molecule has 0 N–H and O–H groups in total. The maximum atomic E-state index is 10.5. The quantitative estimate of drug-likeness (QED) is 0.439. The molecular weight excluding hydrogens is 325 g/mol. The average Bonchev–Trinajstić information content (AvgIpc) is 1.89. The Morgan fingerprint density at radius 3 is 2.40 bits per heavy atom. The van der Waals surface area contributed by atoms with Crippen molar-refractivity contribution < 1.29 is 9.53 Å². The summed E-state index contributed by atoms with van der Waals surface area (Å²) in [5, 5.41) is 0. The van der Waals surface area contributed by atoms with Gasteiger partial charge in [-0.05, 0) is 6.42 Å². The van der Waals surface area contributed by atoms with Crippen molar-refractivity contribution in [2.24, 2.45) is 0 Å². The van der Waals surface area contributed by atoms with Crippen molar-refractivity contribution in [2.45, 2.75) is 32.6 Å². The number of carbonyl (C=O) groups is 1. The summed E-state index contributed by atoms with van der Waals surface area (Å²) in [7, 11) is 1.42. The van der Waals surface area contributed by atoms with Gasteiger partial charge in [-0.25, -0.2) is 0 Å². The first-order chi connectivity index (χ1) is 4.31. The van der Waals surface area contributed by atoms with Crippen LogP contribution in [0.4, 0.5) is 0 Å². The number of unbranched alkanes of at least 4 members (excludes halogenated alkanes) is 2. The van der Waals surface area contributed by atoms with Gasteiger partial charge in [-0.15, -0.1) is 0 Å². The second-order valence-corrected chi connectivity index (χ2v) is 2.03. The number of hydrogen-bond acceptors (Lipinski definition) is 2. The van der Waals surface area contributed by atoms with E-state index in [1.165, 1.54) is 7.11 Å². The van der Waals surface area contributed by atoms with Crippen LogP contribution in [0.1, 0.15) is 32.6 Å². The van der Waals surface area contributed by atoms with Crippen LogP contribution >= 0.6 is 0 Å². The summed E-state index contributed by atoms with van der Waals surface area (Å²) in [4.78, 5) is 10.5. The molecule has 0 aromatic heterocycles. The van der Waals surface area contributed by atoms with Crippen LogP contribution in [0, 0.1) is 0 Å². The molecule has 0 unspecified atom stereocenters. The molecule has 0 heterocycles. The van der Waals surface area contributed by atoms with Crippen molar-refractivity contribution in [1.82, 2.24) is 0 Å². The van der Waals surface area contributed by atoms with Crippen LogP contribution < -0.4 is 0 Å². The van der Waals surface area contributed by atoms with Crippen molar-refractivity contribution in [3.8, 4) is 0 Å². The molecule has 3 heteroatoms. The van der Waals surface area contributed by atoms with Gasteiger partial charge in [0, 0.05) is 32.6 Å². The molecule has 0 atom stereocenters. The van der Waals surface area contributed by atoms with E-state index in [-0.39, 0.29) is 32.2 Å². The molecule has 0 spiro atoms. The number of esters is 1. The molecule has 0 aromatic rings. The van der Waals surface area contributed by atoms with E-state index >= 15 is 0 Å². The zero-order valence-corrected chi connectivity index (χ0v) is 10.1. The zero-order valence-electron chi connectivity index (χ0n) is 6.59. The van der Waals surface area contributed by atoms with Gasteiger partial charge in [-0.1, -0.05) is 19.8 Å². The molecule has 0 aliphatic carbocycles. The second kappa shape index (κ2) is 9.35. The summed E-state index contributed by atoms with van der Waals surface area (Å²) in [6, 6.07) is 0. The fourth-order valence-electron chi connectivity index (χ4n) is 0.621. The van der Waals surface area contributed by atoms with Crippen LogP contribution in [0.25, 0.3) is 0 Å². The predicted molar refractivity (Wildman–Crippen MR) is 41.9 cm³/mol. The summed E-state index contributed by atoms with van der Waals surface area (Å²) >= 11 is 0. The van der Waals surface area contributed by atoms with Crippen LogP contribution in [-0.2, 0) is 9.53 Å². The van der Waals surface area contributed by atoms with E-state index in [4.69, 9.17) is 0 Å². The van der Waals surface area contributed by atoms with Gasteiger partial charge in [-0.2, -0.15) is 0 Å². The SMILES string of the molecule is CCCCCC(=O)OC.[Bi]. The molecule has 3 radical (unpaired) electrons. The maximum absolute atomic E-state index is 10.5. The topological polar surface area (TPSA) is 26.3 Å². The monoisotopic (exact) mass is 339 g/mol. The van der Waals surface area contributed by atoms with Gasteiger partial charge in [0.05, 0.1) is 7.11 Å².